The Morgan fingerprint density at radius 3 is 2.57 bits per heavy atom. The molecule has 1 N–H and O–H groups in total. The first kappa shape index (κ1) is 21.3. The summed E-state index contributed by atoms with van der Waals surface area (Å²) >= 11 is 0. The number of hydrogen-bond acceptors (Lipinski definition) is 6. The molecule has 1 fully saturated rings. The molecule has 0 spiro atoms. The maximum Gasteiger partial charge on any atom is 0.309 e. The van der Waals surface area contributed by atoms with Gasteiger partial charge in [-0.15, -0.1) is 0 Å². The molecule has 1 amide bonds. The number of carbonyl (C=O) groups is 2. The third-order valence-electron chi connectivity index (χ3n) is 5.33. The average Bonchev–Trinajstić information content (AvgIpc) is 2.75. The number of anilines is 2. The summed E-state index contributed by atoms with van der Waals surface area (Å²) in [6, 6.07) is 11.4. The van der Waals surface area contributed by atoms with Crippen molar-refractivity contribution >= 4 is 23.4 Å². The lowest BCUT2D eigenvalue weighted by Crippen LogP contribution is -2.39. The van der Waals surface area contributed by atoms with E-state index in [0.29, 0.717) is 31.5 Å². The molecular formula is C23H26N4O3. The molecule has 7 nitrogen and oxygen atoms in total. The van der Waals surface area contributed by atoms with Crippen molar-refractivity contribution in [2.45, 2.75) is 39.7 Å². The van der Waals surface area contributed by atoms with Gasteiger partial charge in [-0.1, -0.05) is 17.7 Å². The highest BCUT2D eigenvalue weighted by atomic mass is 16.5. The highest BCUT2D eigenvalue weighted by Gasteiger charge is 2.29. The van der Waals surface area contributed by atoms with Gasteiger partial charge in [0.15, 0.2) is 6.10 Å². The van der Waals surface area contributed by atoms with Crippen LogP contribution in [0.4, 0.5) is 11.5 Å². The fourth-order valence-electron chi connectivity index (χ4n) is 3.50. The third-order valence-corrected chi connectivity index (χ3v) is 5.33. The zero-order valence-electron chi connectivity index (χ0n) is 17.5. The highest BCUT2D eigenvalue weighted by Crippen LogP contribution is 2.23. The van der Waals surface area contributed by atoms with Gasteiger partial charge in [-0.05, 0) is 57.4 Å². The molecule has 1 aromatic carbocycles. The van der Waals surface area contributed by atoms with Crippen molar-refractivity contribution in [3.05, 3.63) is 53.2 Å². The summed E-state index contributed by atoms with van der Waals surface area (Å²) in [5.41, 5.74) is 3.32. The molecule has 0 saturated carbocycles. The van der Waals surface area contributed by atoms with E-state index in [-0.39, 0.29) is 17.8 Å². The monoisotopic (exact) mass is 406 g/mol. The first-order chi connectivity index (χ1) is 14.4. The van der Waals surface area contributed by atoms with E-state index in [4.69, 9.17) is 10.00 Å². The Morgan fingerprint density at radius 2 is 1.97 bits per heavy atom. The second kappa shape index (κ2) is 9.40. The van der Waals surface area contributed by atoms with Crippen molar-refractivity contribution in [3.8, 4) is 6.07 Å². The number of hydrogen-bond donors (Lipinski definition) is 1. The predicted octanol–water partition coefficient (Wildman–Crippen LogP) is 3.36. The second-order valence-electron chi connectivity index (χ2n) is 7.66. The van der Waals surface area contributed by atoms with Gasteiger partial charge in [0, 0.05) is 25.0 Å². The zero-order chi connectivity index (χ0) is 21.7. The lowest BCUT2D eigenvalue weighted by Gasteiger charge is -2.32. The summed E-state index contributed by atoms with van der Waals surface area (Å²) < 4.78 is 5.44. The Hall–Kier alpha value is -3.40. The summed E-state index contributed by atoms with van der Waals surface area (Å²) in [5.74, 6) is -0.127. The number of nitrogens with one attached hydrogen (secondary N) is 1. The minimum absolute atomic E-state index is 0.240. The Balaban J connectivity index is 1.49. The zero-order valence-corrected chi connectivity index (χ0v) is 17.5. The number of aryl methyl sites for hydroxylation is 2. The van der Waals surface area contributed by atoms with Gasteiger partial charge in [-0.25, -0.2) is 4.98 Å². The number of esters is 1. The van der Waals surface area contributed by atoms with E-state index in [1.165, 1.54) is 0 Å². The molecule has 1 aromatic heterocycles. The van der Waals surface area contributed by atoms with Crippen LogP contribution in [0.3, 0.4) is 0 Å². The minimum Gasteiger partial charge on any atom is -0.452 e. The Morgan fingerprint density at radius 1 is 1.23 bits per heavy atom. The Bertz CT molecular complexity index is 957. The Labute approximate surface area is 176 Å². The molecular weight excluding hydrogens is 380 g/mol. The molecule has 1 atom stereocenters. The molecule has 1 saturated heterocycles. The molecule has 2 heterocycles. The normalized spacial score (nSPS) is 15.2. The first-order valence-corrected chi connectivity index (χ1v) is 10.1. The summed E-state index contributed by atoms with van der Waals surface area (Å²) in [7, 11) is 0. The number of nitrogens with zero attached hydrogens (tertiary/aromatic N) is 3. The smallest absolute Gasteiger partial charge is 0.309 e. The van der Waals surface area contributed by atoms with Crippen molar-refractivity contribution in [1.82, 2.24) is 4.98 Å². The maximum atomic E-state index is 12.5. The van der Waals surface area contributed by atoms with Gasteiger partial charge >= 0.3 is 5.97 Å². The minimum atomic E-state index is -0.864. The van der Waals surface area contributed by atoms with Gasteiger partial charge in [-0.3, -0.25) is 9.59 Å². The predicted molar refractivity (Wildman–Crippen MR) is 114 cm³/mol. The fraction of sp³-hybridized carbons (Fsp3) is 0.391. The number of nitriles is 1. The van der Waals surface area contributed by atoms with E-state index in [0.717, 1.165) is 22.6 Å². The van der Waals surface area contributed by atoms with Gasteiger partial charge in [0.05, 0.1) is 11.5 Å². The van der Waals surface area contributed by atoms with Crippen LogP contribution >= 0.6 is 0 Å². The molecule has 30 heavy (non-hydrogen) atoms. The standard InChI is InChI=1S/C23H26N4O3/c1-15-4-6-20(16(2)12-15)26-22(28)17(3)30-23(29)19-8-10-27(11-9-19)21-7-5-18(13-24)14-25-21/h4-7,12,14,17,19H,8-11H2,1-3H3,(H,26,28)/t17-/m1/s1. The molecule has 1 aliphatic rings. The molecule has 2 aromatic rings. The molecule has 3 rings (SSSR count). The van der Waals surface area contributed by atoms with E-state index in [1.807, 2.05) is 38.1 Å². The van der Waals surface area contributed by atoms with Crippen LogP contribution in [0, 0.1) is 31.1 Å². The van der Waals surface area contributed by atoms with Crippen LogP contribution in [-0.4, -0.2) is 36.1 Å². The number of ether oxygens (including phenoxy) is 1. The van der Waals surface area contributed by atoms with Gasteiger partial charge in [0.1, 0.15) is 11.9 Å². The van der Waals surface area contributed by atoms with Crippen LogP contribution in [0.25, 0.3) is 0 Å². The van der Waals surface area contributed by atoms with Crippen molar-refractivity contribution in [3.63, 3.8) is 0 Å². The van der Waals surface area contributed by atoms with Gasteiger partial charge in [0.2, 0.25) is 0 Å². The second-order valence-corrected chi connectivity index (χ2v) is 7.66. The van der Waals surface area contributed by atoms with Crippen molar-refractivity contribution in [2.75, 3.05) is 23.3 Å². The van der Waals surface area contributed by atoms with Crippen LogP contribution in [0.15, 0.2) is 36.5 Å². The molecule has 1 aliphatic heterocycles. The molecule has 0 unspecified atom stereocenters. The quantitative estimate of drug-likeness (QED) is 0.765. The lowest BCUT2D eigenvalue weighted by molar-refractivity contribution is -0.157. The van der Waals surface area contributed by atoms with Crippen molar-refractivity contribution in [2.24, 2.45) is 5.92 Å². The summed E-state index contributed by atoms with van der Waals surface area (Å²) in [6.45, 7) is 6.84. The number of piperidine rings is 1. The van der Waals surface area contributed by atoms with E-state index in [1.54, 1.807) is 19.2 Å². The van der Waals surface area contributed by atoms with E-state index >= 15 is 0 Å². The lowest BCUT2D eigenvalue weighted by atomic mass is 9.97. The Kier molecular flexibility index (Phi) is 6.68. The van der Waals surface area contributed by atoms with Gasteiger partial charge < -0.3 is 15.0 Å². The van der Waals surface area contributed by atoms with Crippen LogP contribution in [0.5, 0.6) is 0 Å². The molecule has 156 valence electrons. The van der Waals surface area contributed by atoms with E-state index in [2.05, 4.69) is 21.3 Å². The first-order valence-electron chi connectivity index (χ1n) is 10.1. The van der Waals surface area contributed by atoms with Crippen LogP contribution in [0.1, 0.15) is 36.5 Å². The largest absolute Gasteiger partial charge is 0.452 e. The SMILES string of the molecule is Cc1ccc(NC(=O)[C@@H](C)OC(=O)C2CCN(c3ccc(C#N)cn3)CC2)c(C)c1. The average molecular weight is 406 g/mol. The van der Waals surface area contributed by atoms with Crippen molar-refractivity contribution < 1.29 is 14.3 Å². The van der Waals surface area contributed by atoms with Crippen LogP contribution in [-0.2, 0) is 14.3 Å². The molecule has 0 bridgehead atoms. The van der Waals surface area contributed by atoms with Gasteiger partial charge in [-0.2, -0.15) is 5.26 Å². The summed E-state index contributed by atoms with van der Waals surface area (Å²) in [4.78, 5) is 31.3. The van der Waals surface area contributed by atoms with Crippen molar-refractivity contribution in [1.29, 1.82) is 5.26 Å². The van der Waals surface area contributed by atoms with Crippen LogP contribution in [0.2, 0.25) is 0 Å². The van der Waals surface area contributed by atoms with Crippen LogP contribution < -0.4 is 10.2 Å². The number of pyridine rings is 1. The van der Waals surface area contributed by atoms with E-state index in [9.17, 15) is 9.59 Å². The number of aromatic nitrogens is 1. The van der Waals surface area contributed by atoms with Gasteiger partial charge in [0.25, 0.3) is 5.91 Å². The fourth-order valence-corrected chi connectivity index (χ4v) is 3.50. The molecule has 0 aliphatic carbocycles. The number of carbonyl (C=O) groups excluding carboxylic acids is 2. The topological polar surface area (TPSA) is 95.3 Å². The molecule has 7 heteroatoms. The number of amides is 1. The maximum absolute atomic E-state index is 12.5. The summed E-state index contributed by atoms with van der Waals surface area (Å²) in [6.07, 6.45) is 1.94. The van der Waals surface area contributed by atoms with E-state index < -0.39 is 6.10 Å². The highest BCUT2D eigenvalue weighted by molar-refractivity contribution is 5.95. The number of benzene rings is 1. The molecule has 0 radical (unpaired) electrons. The third kappa shape index (κ3) is 5.15. The number of rotatable bonds is 5. The summed E-state index contributed by atoms with van der Waals surface area (Å²) in [5, 5.41) is 11.7.